The van der Waals surface area contributed by atoms with Crippen LogP contribution in [0, 0.1) is 11.8 Å². The fourth-order valence-corrected chi connectivity index (χ4v) is 1.96. The Morgan fingerprint density at radius 3 is 3.15 bits per heavy atom. The monoisotopic (exact) mass is 177 g/mol. The number of carbonyl (C=O) groups excluding carboxylic acids is 1. The summed E-state index contributed by atoms with van der Waals surface area (Å²) in [6, 6.07) is 0.411. The van der Waals surface area contributed by atoms with E-state index in [4.69, 9.17) is 0 Å². The maximum atomic E-state index is 11.1. The maximum absolute atomic E-state index is 11.1. The molecule has 0 bridgehead atoms. The SMILES string of the molecule is CCC(=O)NC1C2C=CC=CCC21. The topological polar surface area (TPSA) is 29.1 Å². The molecule has 13 heavy (non-hydrogen) atoms. The van der Waals surface area contributed by atoms with Gasteiger partial charge in [0.25, 0.3) is 0 Å². The summed E-state index contributed by atoms with van der Waals surface area (Å²) in [5, 5.41) is 3.05. The lowest BCUT2D eigenvalue weighted by molar-refractivity contribution is -0.121. The average molecular weight is 177 g/mol. The summed E-state index contributed by atoms with van der Waals surface area (Å²) in [5.41, 5.74) is 0. The molecular formula is C11H15NO. The second-order valence-electron chi connectivity index (χ2n) is 3.74. The first-order chi connectivity index (χ1) is 6.33. The molecule has 0 aromatic heterocycles. The summed E-state index contributed by atoms with van der Waals surface area (Å²) in [4.78, 5) is 11.1. The van der Waals surface area contributed by atoms with E-state index in [1.54, 1.807) is 0 Å². The molecule has 3 unspecified atom stereocenters. The van der Waals surface area contributed by atoms with Crippen LogP contribution < -0.4 is 5.32 Å². The Hall–Kier alpha value is -1.05. The zero-order chi connectivity index (χ0) is 9.26. The molecular weight excluding hydrogens is 162 g/mol. The maximum Gasteiger partial charge on any atom is 0.219 e. The van der Waals surface area contributed by atoms with Crippen LogP contribution in [0.1, 0.15) is 19.8 Å². The molecule has 1 saturated carbocycles. The van der Waals surface area contributed by atoms with E-state index in [1.165, 1.54) is 0 Å². The van der Waals surface area contributed by atoms with Crippen LogP contribution in [0.5, 0.6) is 0 Å². The molecule has 2 rings (SSSR count). The predicted octanol–water partition coefficient (Wildman–Crippen LogP) is 1.64. The Morgan fingerprint density at radius 1 is 1.54 bits per heavy atom. The predicted molar refractivity (Wildman–Crippen MR) is 52.1 cm³/mol. The molecule has 1 amide bonds. The van der Waals surface area contributed by atoms with Crippen molar-refractivity contribution in [2.45, 2.75) is 25.8 Å². The van der Waals surface area contributed by atoms with Crippen molar-refractivity contribution in [1.29, 1.82) is 0 Å². The van der Waals surface area contributed by atoms with E-state index >= 15 is 0 Å². The van der Waals surface area contributed by atoms with Gasteiger partial charge in [-0.1, -0.05) is 31.2 Å². The van der Waals surface area contributed by atoms with Crippen LogP contribution in [-0.2, 0) is 4.79 Å². The lowest BCUT2D eigenvalue weighted by Crippen LogP contribution is -2.26. The highest BCUT2D eigenvalue weighted by Crippen LogP contribution is 2.44. The number of allylic oxidation sites excluding steroid dienone is 3. The fraction of sp³-hybridized carbons (Fsp3) is 0.545. The van der Waals surface area contributed by atoms with Gasteiger partial charge in [-0.3, -0.25) is 4.79 Å². The van der Waals surface area contributed by atoms with Gasteiger partial charge in [-0.05, 0) is 12.3 Å². The van der Waals surface area contributed by atoms with Crippen LogP contribution in [0.15, 0.2) is 24.3 Å². The molecule has 0 aliphatic heterocycles. The van der Waals surface area contributed by atoms with Crippen molar-refractivity contribution >= 4 is 5.91 Å². The summed E-state index contributed by atoms with van der Waals surface area (Å²) >= 11 is 0. The number of rotatable bonds is 2. The van der Waals surface area contributed by atoms with Gasteiger partial charge in [0.05, 0.1) is 0 Å². The minimum Gasteiger partial charge on any atom is -0.352 e. The van der Waals surface area contributed by atoms with Crippen LogP contribution >= 0.6 is 0 Å². The Kier molecular flexibility index (Phi) is 2.21. The third-order valence-corrected chi connectivity index (χ3v) is 2.87. The van der Waals surface area contributed by atoms with E-state index in [9.17, 15) is 4.79 Å². The van der Waals surface area contributed by atoms with E-state index in [1.807, 2.05) is 6.92 Å². The summed E-state index contributed by atoms with van der Waals surface area (Å²) in [7, 11) is 0. The molecule has 2 aliphatic carbocycles. The molecule has 0 radical (unpaired) electrons. The van der Waals surface area contributed by atoms with Crippen LogP contribution in [-0.4, -0.2) is 11.9 Å². The quantitative estimate of drug-likeness (QED) is 0.682. The lowest BCUT2D eigenvalue weighted by Gasteiger charge is -2.00. The molecule has 2 nitrogen and oxygen atoms in total. The Morgan fingerprint density at radius 2 is 2.38 bits per heavy atom. The molecule has 1 N–H and O–H groups in total. The van der Waals surface area contributed by atoms with Crippen molar-refractivity contribution in [3.8, 4) is 0 Å². The van der Waals surface area contributed by atoms with E-state index in [2.05, 4.69) is 29.6 Å². The molecule has 70 valence electrons. The smallest absolute Gasteiger partial charge is 0.219 e. The number of amides is 1. The first kappa shape index (κ1) is 8.54. The molecule has 0 spiro atoms. The van der Waals surface area contributed by atoms with Crippen LogP contribution in [0.25, 0.3) is 0 Å². The summed E-state index contributed by atoms with van der Waals surface area (Å²) in [6.07, 6.45) is 10.3. The third-order valence-electron chi connectivity index (χ3n) is 2.87. The van der Waals surface area contributed by atoms with Gasteiger partial charge in [-0.25, -0.2) is 0 Å². The van der Waals surface area contributed by atoms with E-state index in [-0.39, 0.29) is 5.91 Å². The summed E-state index contributed by atoms with van der Waals surface area (Å²) < 4.78 is 0. The first-order valence-electron chi connectivity index (χ1n) is 4.95. The van der Waals surface area contributed by atoms with Crippen LogP contribution in [0.4, 0.5) is 0 Å². The van der Waals surface area contributed by atoms with Crippen molar-refractivity contribution in [2.75, 3.05) is 0 Å². The highest BCUT2D eigenvalue weighted by molar-refractivity contribution is 5.76. The van der Waals surface area contributed by atoms with E-state index in [0.29, 0.717) is 24.3 Å². The Labute approximate surface area is 78.7 Å². The lowest BCUT2D eigenvalue weighted by atomic mass is 10.2. The fourth-order valence-electron chi connectivity index (χ4n) is 1.96. The van der Waals surface area contributed by atoms with Gasteiger partial charge in [-0.2, -0.15) is 0 Å². The van der Waals surface area contributed by atoms with Gasteiger partial charge < -0.3 is 5.32 Å². The minimum absolute atomic E-state index is 0.176. The standard InChI is InChI=1S/C11H15NO/c1-2-10(13)12-11-8-6-4-3-5-7-9(8)11/h3-6,8-9,11H,2,7H2,1H3,(H,12,13). The molecule has 0 saturated heterocycles. The second-order valence-corrected chi connectivity index (χ2v) is 3.74. The number of carbonyl (C=O) groups is 1. The van der Waals surface area contributed by atoms with Crippen molar-refractivity contribution in [2.24, 2.45) is 11.8 Å². The van der Waals surface area contributed by atoms with Crippen LogP contribution in [0.3, 0.4) is 0 Å². The number of hydrogen-bond donors (Lipinski definition) is 1. The van der Waals surface area contributed by atoms with Gasteiger partial charge in [-0.15, -0.1) is 0 Å². The van der Waals surface area contributed by atoms with Gasteiger partial charge in [0.15, 0.2) is 0 Å². The van der Waals surface area contributed by atoms with Crippen molar-refractivity contribution in [3.63, 3.8) is 0 Å². The van der Waals surface area contributed by atoms with Crippen LogP contribution in [0.2, 0.25) is 0 Å². The molecule has 0 aromatic rings. The summed E-state index contributed by atoms with van der Waals surface area (Å²) in [5.74, 6) is 1.42. The molecule has 0 heterocycles. The Bertz CT molecular complexity index is 267. The molecule has 3 atom stereocenters. The largest absolute Gasteiger partial charge is 0.352 e. The second kappa shape index (κ2) is 3.36. The van der Waals surface area contributed by atoms with Gasteiger partial charge in [0.2, 0.25) is 5.91 Å². The number of fused-ring (bicyclic) bond motifs is 1. The van der Waals surface area contributed by atoms with Crippen molar-refractivity contribution in [3.05, 3.63) is 24.3 Å². The Balaban J connectivity index is 1.90. The van der Waals surface area contributed by atoms with E-state index < -0.39 is 0 Å². The third kappa shape index (κ3) is 1.67. The normalized spacial score (nSPS) is 35.0. The van der Waals surface area contributed by atoms with Gasteiger partial charge >= 0.3 is 0 Å². The van der Waals surface area contributed by atoms with E-state index in [0.717, 1.165) is 6.42 Å². The van der Waals surface area contributed by atoms with Crippen molar-refractivity contribution in [1.82, 2.24) is 5.32 Å². The highest BCUT2D eigenvalue weighted by atomic mass is 16.1. The highest BCUT2D eigenvalue weighted by Gasteiger charge is 2.48. The van der Waals surface area contributed by atoms with Gasteiger partial charge in [0.1, 0.15) is 0 Å². The summed E-state index contributed by atoms with van der Waals surface area (Å²) in [6.45, 7) is 1.89. The zero-order valence-electron chi connectivity index (χ0n) is 7.86. The number of hydrogen-bond acceptors (Lipinski definition) is 1. The average Bonchev–Trinajstić information content (AvgIpc) is 2.82. The minimum atomic E-state index is 0.176. The number of nitrogens with one attached hydrogen (secondary N) is 1. The first-order valence-corrected chi connectivity index (χ1v) is 4.95. The molecule has 1 fully saturated rings. The molecule has 2 aliphatic rings. The zero-order valence-corrected chi connectivity index (χ0v) is 7.86. The molecule has 0 aromatic carbocycles. The van der Waals surface area contributed by atoms with Crippen molar-refractivity contribution < 1.29 is 4.79 Å². The molecule has 2 heteroatoms. The van der Waals surface area contributed by atoms with Gasteiger partial charge in [0, 0.05) is 18.4 Å².